The van der Waals surface area contributed by atoms with Crippen molar-refractivity contribution in [3.63, 3.8) is 0 Å². The summed E-state index contributed by atoms with van der Waals surface area (Å²) < 4.78 is 6.23. The van der Waals surface area contributed by atoms with Crippen LogP contribution in [0.4, 0.5) is 0 Å². The Bertz CT molecular complexity index is 1910. The van der Waals surface area contributed by atoms with Crippen LogP contribution in [0.15, 0.2) is 163 Å². The summed E-state index contributed by atoms with van der Waals surface area (Å²) in [5.41, 5.74) is 2.68. The molecule has 1 N–H and O–H groups in total. The lowest BCUT2D eigenvalue weighted by molar-refractivity contribution is 0.358. The summed E-state index contributed by atoms with van der Waals surface area (Å²) in [4.78, 5) is 7.19. The lowest BCUT2D eigenvalue weighted by Crippen LogP contribution is -2.33. The third-order valence-corrected chi connectivity index (χ3v) is 7.58. The summed E-state index contributed by atoms with van der Waals surface area (Å²) in [7, 11) is 2.04. The molecule has 0 spiro atoms. The van der Waals surface area contributed by atoms with E-state index in [0.717, 1.165) is 44.0 Å². The van der Waals surface area contributed by atoms with Gasteiger partial charge >= 0.3 is 0 Å². The zero-order valence-corrected chi connectivity index (χ0v) is 25.3. The molecule has 0 aliphatic rings. The van der Waals surface area contributed by atoms with Crippen molar-refractivity contribution in [1.82, 2.24) is 4.90 Å². The van der Waals surface area contributed by atoms with Gasteiger partial charge in [0.25, 0.3) is 0 Å². The fourth-order valence-electron chi connectivity index (χ4n) is 5.29. The minimum atomic E-state index is -0.145. The van der Waals surface area contributed by atoms with Crippen molar-refractivity contribution in [2.45, 2.75) is 19.4 Å². The van der Waals surface area contributed by atoms with Crippen molar-refractivity contribution < 1.29 is 4.74 Å². The number of allylic oxidation sites excluding steroid dienone is 4. The lowest BCUT2D eigenvalue weighted by Gasteiger charge is -2.32. The Morgan fingerprint density at radius 2 is 1.43 bits per heavy atom. The first-order chi connectivity index (χ1) is 21.5. The molecule has 1 unspecified atom stereocenters. The van der Waals surface area contributed by atoms with Gasteiger partial charge in [0, 0.05) is 23.7 Å². The SMILES string of the molecule is C=C/C=C\C(=C)Oc1ccccc1C(C/C=C\C)N(C)/C(=N\C(=N)c1ccc2ccccc2c1)c1ccc2ccccc2c1. The summed E-state index contributed by atoms with van der Waals surface area (Å²) in [5.74, 6) is 2.13. The molecule has 5 aromatic rings. The molecule has 44 heavy (non-hydrogen) atoms. The number of aliphatic imine (C=N–C) groups is 1. The van der Waals surface area contributed by atoms with Gasteiger partial charge in [-0.2, -0.15) is 0 Å². The average Bonchev–Trinajstić information content (AvgIpc) is 3.06. The van der Waals surface area contributed by atoms with E-state index < -0.39 is 0 Å². The van der Waals surface area contributed by atoms with Crippen LogP contribution in [0.5, 0.6) is 5.75 Å². The number of hydrogen-bond donors (Lipinski definition) is 1. The van der Waals surface area contributed by atoms with Crippen LogP contribution in [-0.4, -0.2) is 23.6 Å². The molecule has 0 aliphatic heterocycles. The molecule has 0 radical (unpaired) electrons. The topological polar surface area (TPSA) is 48.7 Å². The molecule has 5 rings (SSSR count). The van der Waals surface area contributed by atoms with Gasteiger partial charge in [0.05, 0.1) is 6.04 Å². The molecule has 4 heteroatoms. The maximum atomic E-state index is 9.14. The molecule has 1 atom stereocenters. The van der Waals surface area contributed by atoms with E-state index in [9.17, 15) is 0 Å². The summed E-state index contributed by atoms with van der Waals surface area (Å²) >= 11 is 0. The number of amidine groups is 2. The van der Waals surface area contributed by atoms with Crippen LogP contribution < -0.4 is 4.74 Å². The Labute approximate surface area is 260 Å². The number of ether oxygens (including phenoxy) is 1. The lowest BCUT2D eigenvalue weighted by atomic mass is 9.99. The summed E-state index contributed by atoms with van der Waals surface area (Å²) in [6, 6.07) is 36.7. The van der Waals surface area contributed by atoms with E-state index >= 15 is 0 Å². The van der Waals surface area contributed by atoms with Gasteiger partial charge in [-0.1, -0.05) is 128 Å². The first-order valence-corrected chi connectivity index (χ1v) is 14.7. The average molecular weight is 576 g/mol. The van der Waals surface area contributed by atoms with E-state index in [1.54, 1.807) is 18.2 Å². The second kappa shape index (κ2) is 14.1. The number of nitrogens with zero attached hydrogens (tertiary/aromatic N) is 2. The van der Waals surface area contributed by atoms with Gasteiger partial charge < -0.3 is 9.64 Å². The zero-order valence-electron chi connectivity index (χ0n) is 25.3. The van der Waals surface area contributed by atoms with Gasteiger partial charge in [0.15, 0.2) is 5.84 Å². The highest BCUT2D eigenvalue weighted by atomic mass is 16.5. The Morgan fingerprint density at radius 3 is 2.09 bits per heavy atom. The van der Waals surface area contributed by atoms with E-state index in [1.807, 2.05) is 74.6 Å². The Morgan fingerprint density at radius 1 is 0.841 bits per heavy atom. The Balaban J connectivity index is 1.62. The van der Waals surface area contributed by atoms with Crippen molar-refractivity contribution >= 4 is 33.2 Å². The summed E-state index contributed by atoms with van der Waals surface area (Å²) in [6.45, 7) is 9.83. The van der Waals surface area contributed by atoms with Crippen LogP contribution in [0, 0.1) is 5.41 Å². The van der Waals surface area contributed by atoms with Crippen LogP contribution in [0.3, 0.4) is 0 Å². The predicted molar refractivity (Wildman–Crippen MR) is 187 cm³/mol. The fraction of sp³-hybridized carbons (Fsp3) is 0.100. The first kappa shape index (κ1) is 30.0. The van der Waals surface area contributed by atoms with Crippen LogP contribution in [0.1, 0.15) is 36.1 Å². The molecular formula is C40H37N3O. The minimum Gasteiger partial charge on any atom is -0.458 e. The molecule has 0 saturated carbocycles. The van der Waals surface area contributed by atoms with Crippen molar-refractivity contribution in [3.05, 3.63) is 175 Å². The fourth-order valence-corrected chi connectivity index (χ4v) is 5.29. The quantitative estimate of drug-likeness (QED) is 0.0592. The van der Waals surface area contributed by atoms with Crippen LogP contribution in [0.2, 0.25) is 0 Å². The maximum absolute atomic E-state index is 9.14. The Hall–Kier alpha value is -5.48. The second-order valence-corrected chi connectivity index (χ2v) is 10.5. The van der Waals surface area contributed by atoms with E-state index in [1.165, 1.54) is 0 Å². The summed E-state index contributed by atoms with van der Waals surface area (Å²) in [6.07, 6.45) is 10.2. The number of rotatable bonds is 10. The van der Waals surface area contributed by atoms with Gasteiger partial charge in [0.1, 0.15) is 17.3 Å². The predicted octanol–water partition coefficient (Wildman–Crippen LogP) is 10.0. The van der Waals surface area contributed by atoms with Crippen LogP contribution >= 0.6 is 0 Å². The number of para-hydroxylation sites is 1. The molecule has 0 amide bonds. The minimum absolute atomic E-state index is 0.145. The molecule has 0 bridgehead atoms. The highest BCUT2D eigenvalue weighted by Crippen LogP contribution is 2.34. The Kier molecular flexibility index (Phi) is 9.63. The van der Waals surface area contributed by atoms with Gasteiger partial charge in [0.2, 0.25) is 0 Å². The van der Waals surface area contributed by atoms with Crippen molar-refractivity contribution in [3.8, 4) is 5.75 Å². The molecular weight excluding hydrogens is 538 g/mol. The highest BCUT2D eigenvalue weighted by molar-refractivity contribution is 6.12. The number of benzene rings is 5. The largest absolute Gasteiger partial charge is 0.458 e. The van der Waals surface area contributed by atoms with Gasteiger partial charge in [-0.05, 0) is 59.2 Å². The standard InChI is InChI=1S/C40H37N3O/c1-5-7-15-29(3)44-38-22-14-13-20-36(38)37(21-8-6-2)43(4)40(35-26-24-31-17-10-12-19-33(31)28-35)42-39(41)34-25-23-30-16-9-11-18-32(30)27-34/h5-20,22-28,37,41H,1,3,21H2,2,4H3/b8-6-,15-7-,41-39?,42-40-. The van der Waals surface area contributed by atoms with E-state index in [-0.39, 0.29) is 11.9 Å². The van der Waals surface area contributed by atoms with E-state index in [4.69, 9.17) is 15.1 Å². The first-order valence-electron chi connectivity index (χ1n) is 14.7. The van der Waals surface area contributed by atoms with Crippen LogP contribution in [0.25, 0.3) is 21.5 Å². The van der Waals surface area contributed by atoms with Gasteiger partial charge in [-0.25, -0.2) is 4.99 Å². The molecule has 0 heterocycles. The third-order valence-electron chi connectivity index (χ3n) is 7.58. The van der Waals surface area contributed by atoms with Crippen molar-refractivity contribution in [2.75, 3.05) is 7.05 Å². The van der Waals surface area contributed by atoms with Crippen LogP contribution in [-0.2, 0) is 0 Å². The summed E-state index contributed by atoms with van der Waals surface area (Å²) in [5, 5.41) is 13.6. The van der Waals surface area contributed by atoms with Gasteiger partial charge in [-0.3, -0.25) is 5.41 Å². The monoisotopic (exact) mass is 575 g/mol. The van der Waals surface area contributed by atoms with E-state index in [0.29, 0.717) is 18.0 Å². The highest BCUT2D eigenvalue weighted by Gasteiger charge is 2.25. The molecule has 5 aromatic carbocycles. The molecule has 0 aliphatic carbocycles. The molecule has 218 valence electrons. The van der Waals surface area contributed by atoms with Crippen molar-refractivity contribution in [2.24, 2.45) is 4.99 Å². The number of hydrogen-bond acceptors (Lipinski definition) is 2. The molecule has 0 aromatic heterocycles. The zero-order chi connectivity index (χ0) is 30.9. The molecule has 0 saturated heterocycles. The smallest absolute Gasteiger partial charge is 0.154 e. The number of fused-ring (bicyclic) bond motifs is 2. The van der Waals surface area contributed by atoms with E-state index in [2.05, 4.69) is 78.7 Å². The maximum Gasteiger partial charge on any atom is 0.154 e. The normalized spacial score (nSPS) is 12.5. The molecule has 0 fully saturated rings. The third kappa shape index (κ3) is 6.93. The molecule has 4 nitrogen and oxygen atoms in total. The van der Waals surface area contributed by atoms with Crippen molar-refractivity contribution in [1.29, 1.82) is 5.41 Å². The van der Waals surface area contributed by atoms with Gasteiger partial charge in [-0.15, -0.1) is 0 Å². The number of nitrogens with one attached hydrogen (secondary N) is 1. The second-order valence-electron chi connectivity index (χ2n) is 10.5.